The van der Waals surface area contributed by atoms with Crippen LogP contribution >= 0.6 is 0 Å². The number of benzene rings is 1. The Morgan fingerprint density at radius 1 is 1.15 bits per heavy atom. The number of halogens is 3. The average Bonchev–Trinajstić information content (AvgIpc) is 3.35. The Morgan fingerprint density at radius 2 is 1.85 bits per heavy atom. The van der Waals surface area contributed by atoms with Crippen LogP contribution in [0.4, 0.5) is 13.2 Å². The van der Waals surface area contributed by atoms with E-state index < -0.39 is 23.9 Å². The van der Waals surface area contributed by atoms with Gasteiger partial charge in [-0.25, -0.2) is 0 Å². The van der Waals surface area contributed by atoms with Gasteiger partial charge in [-0.3, -0.25) is 0 Å². The van der Waals surface area contributed by atoms with Crippen LogP contribution < -0.4 is 4.73 Å². The molecule has 3 heterocycles. The molecular weight excluding hydrogens is 441 g/mol. The number of pyridine rings is 1. The first-order valence-electron chi connectivity index (χ1n) is 9.60. The summed E-state index contributed by atoms with van der Waals surface area (Å²) in [6.07, 6.45) is -2.20. The van der Waals surface area contributed by atoms with E-state index in [0.717, 1.165) is 12.1 Å². The van der Waals surface area contributed by atoms with Gasteiger partial charge in [-0.2, -0.15) is 17.9 Å². The molecule has 1 atom stereocenters. The smallest absolute Gasteiger partial charge is 0.433 e. The lowest BCUT2D eigenvalue weighted by Gasteiger charge is -2.25. The van der Waals surface area contributed by atoms with Crippen LogP contribution in [0.5, 0.6) is 0 Å². The summed E-state index contributed by atoms with van der Waals surface area (Å²) < 4.78 is 49.0. The van der Waals surface area contributed by atoms with Crippen molar-refractivity contribution in [2.24, 2.45) is 7.05 Å². The number of hydrogen-bond donors (Lipinski definition) is 2. The largest absolute Gasteiger partial charge is 0.618 e. The number of fused-ring (bicyclic) bond motifs is 1. The summed E-state index contributed by atoms with van der Waals surface area (Å²) >= 11 is 0. The fourth-order valence-corrected chi connectivity index (χ4v) is 3.50. The zero-order chi connectivity index (χ0) is 24.0. The van der Waals surface area contributed by atoms with E-state index in [1.165, 1.54) is 42.1 Å². The van der Waals surface area contributed by atoms with Crippen LogP contribution in [0.2, 0.25) is 0 Å². The number of hydrogen-bond acceptors (Lipinski definition) is 6. The zero-order valence-corrected chi connectivity index (χ0v) is 17.4. The van der Waals surface area contributed by atoms with E-state index in [9.17, 15) is 28.6 Å². The van der Waals surface area contributed by atoms with Crippen molar-refractivity contribution < 1.29 is 32.5 Å². The van der Waals surface area contributed by atoms with Crippen molar-refractivity contribution in [2.45, 2.75) is 25.3 Å². The fraction of sp³-hybridized carbons (Fsp3) is 0.227. The Hall–Kier alpha value is -3.88. The zero-order valence-electron chi connectivity index (χ0n) is 17.4. The van der Waals surface area contributed by atoms with Gasteiger partial charge < -0.3 is 24.4 Å². The van der Waals surface area contributed by atoms with Gasteiger partial charge in [-0.1, -0.05) is 36.3 Å². The van der Waals surface area contributed by atoms with Gasteiger partial charge in [-0.05, 0) is 5.92 Å². The number of aryl methyl sites for hydroxylation is 1. The van der Waals surface area contributed by atoms with Gasteiger partial charge in [0.1, 0.15) is 12.2 Å². The molecule has 4 rings (SSSR count). The third-order valence-corrected chi connectivity index (χ3v) is 5.12. The highest BCUT2D eigenvalue weighted by Gasteiger charge is 2.54. The Labute approximate surface area is 185 Å². The van der Waals surface area contributed by atoms with Gasteiger partial charge >= 0.3 is 6.18 Å². The maximum absolute atomic E-state index is 13.9. The minimum Gasteiger partial charge on any atom is -0.618 e. The van der Waals surface area contributed by atoms with Crippen molar-refractivity contribution in [3.8, 4) is 34.6 Å². The summed E-state index contributed by atoms with van der Waals surface area (Å²) in [6.45, 7) is 0.956. The van der Waals surface area contributed by atoms with E-state index in [2.05, 4.69) is 16.1 Å². The van der Waals surface area contributed by atoms with Gasteiger partial charge in [0.05, 0.1) is 17.3 Å². The first-order chi connectivity index (χ1) is 15.6. The first-order valence-corrected chi connectivity index (χ1v) is 9.60. The number of rotatable bonds is 3. The van der Waals surface area contributed by atoms with E-state index in [1.54, 1.807) is 7.05 Å². The molecule has 2 N–H and O–H groups in total. The summed E-state index contributed by atoms with van der Waals surface area (Å²) in [5.41, 5.74) is -3.24. The van der Waals surface area contributed by atoms with Crippen molar-refractivity contribution in [3.05, 3.63) is 70.6 Å². The second kappa shape index (κ2) is 7.91. The summed E-state index contributed by atoms with van der Waals surface area (Å²) in [5, 5.41) is 40.0. The molecule has 0 amide bonds. The minimum atomic E-state index is -5.09. The average molecular weight is 458 g/mol. The van der Waals surface area contributed by atoms with Crippen molar-refractivity contribution in [1.29, 1.82) is 0 Å². The molecule has 1 aromatic heterocycles. The highest BCUT2D eigenvalue weighted by molar-refractivity contribution is 5.84. The Bertz CT molecular complexity index is 1350. The summed E-state index contributed by atoms with van der Waals surface area (Å²) in [4.78, 5) is 0. The van der Waals surface area contributed by atoms with E-state index >= 15 is 0 Å². The van der Waals surface area contributed by atoms with Crippen LogP contribution in [-0.2, 0) is 19.3 Å². The lowest BCUT2D eigenvalue weighted by molar-refractivity contribution is -0.596. The Kier molecular flexibility index (Phi) is 5.35. The summed E-state index contributed by atoms with van der Waals surface area (Å²) in [5.74, 6) is 4.18. The third kappa shape index (κ3) is 3.69. The molecule has 0 fully saturated rings. The predicted octanol–water partition coefficient (Wildman–Crippen LogP) is 2.42. The molecule has 1 unspecified atom stereocenters. The topological polar surface area (TPSA) is 111 Å². The van der Waals surface area contributed by atoms with Crippen LogP contribution in [0.15, 0.2) is 47.1 Å². The molecule has 0 bridgehead atoms. The second-order valence-electron chi connectivity index (χ2n) is 7.34. The van der Waals surface area contributed by atoms with Crippen molar-refractivity contribution in [2.75, 3.05) is 0 Å². The summed E-state index contributed by atoms with van der Waals surface area (Å²) in [7, 11) is 1.58. The molecule has 2 aliphatic rings. The van der Waals surface area contributed by atoms with Gasteiger partial charge in [0.2, 0.25) is 22.9 Å². The maximum Gasteiger partial charge on any atom is 0.433 e. The Morgan fingerprint density at radius 3 is 2.45 bits per heavy atom. The molecule has 2 aromatic rings. The van der Waals surface area contributed by atoms with Crippen molar-refractivity contribution in [3.63, 3.8) is 0 Å². The fourth-order valence-electron chi connectivity index (χ4n) is 3.50. The lowest BCUT2D eigenvalue weighted by atomic mass is 9.92. The number of alkyl halides is 3. The molecule has 0 radical (unpaired) electrons. The minimum absolute atomic E-state index is 0.0325. The second-order valence-corrected chi connectivity index (χ2v) is 7.34. The SMILES string of the molecule is Cc1c(-c2nnc(CO)o2)c2c(C#CC(O)(c3ccccc3)C(F)(F)F)cn(C)cc-2[n+]1[O-]. The molecule has 2 aliphatic heterocycles. The number of aliphatic hydroxyl groups excluding tert-OH is 1. The standard InChI is InChI=1S/C22H17F3N4O4/c1-13-18(20-27-26-17(12-30)33-20)19-14(10-28(2)11-16(19)29(13)32)8-9-21(31,22(23,24)25)15-6-4-3-5-7-15/h3-7,10-11,30-31H,12H2,1-2H3. The first kappa shape index (κ1) is 22.3. The molecule has 0 spiro atoms. The van der Waals surface area contributed by atoms with Gasteiger partial charge in [0.15, 0.2) is 0 Å². The van der Waals surface area contributed by atoms with Crippen molar-refractivity contribution in [1.82, 2.24) is 14.8 Å². The molecule has 170 valence electrons. The highest BCUT2D eigenvalue weighted by atomic mass is 19.4. The van der Waals surface area contributed by atoms with Crippen LogP contribution in [0.1, 0.15) is 22.7 Å². The molecule has 33 heavy (non-hydrogen) atoms. The van der Waals surface area contributed by atoms with Gasteiger partial charge in [-0.15, -0.1) is 10.2 Å². The van der Waals surface area contributed by atoms with E-state index in [4.69, 9.17) is 4.42 Å². The quantitative estimate of drug-likeness (QED) is 0.277. The monoisotopic (exact) mass is 458 g/mol. The van der Waals surface area contributed by atoms with Gasteiger partial charge in [0, 0.05) is 25.7 Å². The van der Waals surface area contributed by atoms with E-state index in [1.807, 2.05) is 5.92 Å². The lowest BCUT2D eigenvalue weighted by Crippen LogP contribution is -2.41. The normalized spacial score (nSPS) is 13.5. The third-order valence-electron chi connectivity index (χ3n) is 5.12. The molecule has 0 saturated carbocycles. The van der Waals surface area contributed by atoms with Crippen LogP contribution in [-0.4, -0.2) is 31.2 Å². The maximum atomic E-state index is 13.9. The predicted molar refractivity (Wildman–Crippen MR) is 108 cm³/mol. The van der Waals surface area contributed by atoms with E-state index in [0.29, 0.717) is 4.73 Å². The van der Waals surface area contributed by atoms with E-state index in [-0.39, 0.29) is 39.9 Å². The van der Waals surface area contributed by atoms with Crippen LogP contribution in [0.3, 0.4) is 0 Å². The van der Waals surface area contributed by atoms with Crippen LogP contribution in [0, 0.1) is 24.0 Å². The highest BCUT2D eigenvalue weighted by Crippen LogP contribution is 2.40. The Balaban J connectivity index is 1.97. The van der Waals surface area contributed by atoms with Crippen LogP contribution in [0.25, 0.3) is 22.7 Å². The number of nitrogens with zero attached hydrogens (tertiary/aromatic N) is 4. The van der Waals surface area contributed by atoms with Gasteiger partial charge in [0.25, 0.3) is 5.89 Å². The summed E-state index contributed by atoms with van der Waals surface area (Å²) in [6, 6.07) is 6.50. The molecule has 1 aromatic carbocycles. The number of aliphatic hydroxyl groups is 2. The molecule has 11 heteroatoms. The number of aromatic nitrogens is 4. The molecule has 0 saturated heterocycles. The molecular formula is C22H17F3N4O4. The molecule has 8 nitrogen and oxygen atoms in total. The van der Waals surface area contributed by atoms with Crippen molar-refractivity contribution >= 4 is 0 Å². The molecule has 0 aliphatic carbocycles.